The van der Waals surface area contributed by atoms with Gasteiger partial charge in [-0.1, -0.05) is 156 Å². The zero-order chi connectivity index (χ0) is 31.8. The average molecular weight is 617 g/mol. The maximum atomic E-state index is 6.46. The van der Waals surface area contributed by atoms with Crippen LogP contribution in [-0.4, -0.2) is 6.61 Å². The van der Waals surface area contributed by atoms with E-state index in [-0.39, 0.29) is 5.41 Å². The van der Waals surface area contributed by atoms with Gasteiger partial charge in [0.2, 0.25) is 0 Å². The van der Waals surface area contributed by atoms with Crippen molar-refractivity contribution in [3.8, 4) is 5.75 Å². The van der Waals surface area contributed by atoms with Gasteiger partial charge in [0, 0.05) is 11.4 Å². The minimum absolute atomic E-state index is 0.132. The molecule has 1 atom stereocenters. The smallest absolute Gasteiger partial charge is 0.125 e. The van der Waals surface area contributed by atoms with E-state index in [1.54, 1.807) is 0 Å². The molecule has 0 N–H and O–H groups in total. The number of benzene rings is 1. The number of hydrogen-bond acceptors (Lipinski definition) is 1. The summed E-state index contributed by atoms with van der Waals surface area (Å²) in [6.07, 6.45) is 34.1. The van der Waals surface area contributed by atoms with Gasteiger partial charge in [-0.3, -0.25) is 0 Å². The van der Waals surface area contributed by atoms with Gasteiger partial charge in [0.05, 0.1) is 6.61 Å². The first-order chi connectivity index (χ1) is 20.7. The van der Waals surface area contributed by atoms with Crippen LogP contribution in [0, 0.1) is 12.3 Å². The lowest BCUT2D eigenvalue weighted by atomic mass is 9.74. The van der Waals surface area contributed by atoms with Crippen LogP contribution in [0.1, 0.15) is 199 Å². The molecule has 0 saturated carbocycles. The highest BCUT2D eigenvalue weighted by Gasteiger charge is 2.29. The largest absolute Gasteiger partial charge is 0.493 e. The Labute approximate surface area is 275 Å². The molecule has 0 aliphatic carbocycles. The zero-order valence-electron chi connectivity index (χ0n) is 30.1. The van der Waals surface area contributed by atoms with Crippen LogP contribution in [0.2, 0.25) is 0 Å². The second-order valence-corrected chi connectivity index (χ2v) is 15.2. The van der Waals surface area contributed by atoms with E-state index in [1.807, 2.05) is 0 Å². The summed E-state index contributed by atoms with van der Waals surface area (Å²) in [7, 11) is 0. The number of aryl methyl sites for hydroxylation is 1. The average Bonchev–Trinajstić information content (AvgIpc) is 2.97. The quantitative estimate of drug-likeness (QED) is 0.0542. The van der Waals surface area contributed by atoms with Crippen LogP contribution in [0.5, 0.6) is 5.75 Å². The molecule has 1 aromatic carbocycles. The number of allylic oxidation sites excluding steroid dienone is 2. The second kappa shape index (κ2) is 24.3. The standard InChI is InChI=1S/C41H73ClO/c1-8-10-11-29-32-43-39-36(3)33-37(35-42)34-38(39)41(7,9-2)31-28-26-24-22-20-18-16-14-12-13-15-17-19-21-23-25-27-30-40(4,5)6/h18,20,33-34H,8-17,19,21-32,35H2,1-7H3/b20-18-. The van der Waals surface area contributed by atoms with Crippen LogP contribution >= 0.6 is 11.6 Å². The lowest BCUT2D eigenvalue weighted by Gasteiger charge is -2.32. The molecule has 0 amide bonds. The highest BCUT2D eigenvalue weighted by atomic mass is 35.5. The van der Waals surface area contributed by atoms with Crippen molar-refractivity contribution < 1.29 is 4.74 Å². The summed E-state index contributed by atoms with van der Waals surface area (Å²) in [6.45, 7) is 17.1. The molecule has 43 heavy (non-hydrogen) atoms. The van der Waals surface area contributed by atoms with E-state index in [1.165, 1.54) is 145 Å². The number of hydrogen-bond donors (Lipinski definition) is 0. The minimum atomic E-state index is 0.132. The molecule has 1 rings (SSSR count). The van der Waals surface area contributed by atoms with Crippen LogP contribution in [0.3, 0.4) is 0 Å². The highest BCUT2D eigenvalue weighted by Crippen LogP contribution is 2.41. The van der Waals surface area contributed by atoms with Gasteiger partial charge in [0.1, 0.15) is 5.75 Å². The van der Waals surface area contributed by atoms with Gasteiger partial charge in [-0.05, 0) is 80.2 Å². The molecule has 2 heteroatoms. The molecule has 0 aliphatic heterocycles. The van der Waals surface area contributed by atoms with E-state index in [4.69, 9.17) is 16.3 Å². The van der Waals surface area contributed by atoms with Crippen LogP contribution in [0.4, 0.5) is 0 Å². The Hall–Kier alpha value is -0.950. The summed E-state index contributed by atoms with van der Waals surface area (Å²) in [5.74, 6) is 1.69. The molecular weight excluding hydrogens is 544 g/mol. The number of unbranched alkanes of at least 4 members (excludes halogenated alkanes) is 16. The van der Waals surface area contributed by atoms with Crippen LogP contribution < -0.4 is 4.74 Å². The summed E-state index contributed by atoms with van der Waals surface area (Å²) >= 11 is 6.30. The maximum Gasteiger partial charge on any atom is 0.125 e. The SMILES string of the molecule is CCCCCCOc1c(C)cc(CCl)cc1C(C)(CC)CCCCC/C=C\CCCCCCCCCCCCC(C)(C)C. The van der Waals surface area contributed by atoms with Gasteiger partial charge < -0.3 is 4.74 Å². The molecular formula is C41H73ClO. The van der Waals surface area contributed by atoms with Gasteiger partial charge in [-0.25, -0.2) is 0 Å². The first kappa shape index (κ1) is 40.1. The van der Waals surface area contributed by atoms with Crippen molar-refractivity contribution in [2.75, 3.05) is 6.61 Å². The third-order valence-corrected chi connectivity index (χ3v) is 9.79. The van der Waals surface area contributed by atoms with Crippen molar-refractivity contribution in [1.82, 2.24) is 0 Å². The van der Waals surface area contributed by atoms with Gasteiger partial charge >= 0.3 is 0 Å². The Kier molecular flexibility index (Phi) is 22.7. The van der Waals surface area contributed by atoms with E-state index in [9.17, 15) is 0 Å². The zero-order valence-corrected chi connectivity index (χ0v) is 30.8. The molecule has 0 aliphatic rings. The Bertz CT molecular complexity index is 835. The number of rotatable bonds is 27. The van der Waals surface area contributed by atoms with Crippen LogP contribution in [-0.2, 0) is 11.3 Å². The number of alkyl halides is 1. The minimum Gasteiger partial charge on any atom is -0.493 e. The van der Waals surface area contributed by atoms with E-state index in [2.05, 4.69) is 72.8 Å². The van der Waals surface area contributed by atoms with E-state index in [0.29, 0.717) is 11.3 Å². The van der Waals surface area contributed by atoms with Crippen molar-refractivity contribution >= 4 is 11.6 Å². The molecule has 0 spiro atoms. The fourth-order valence-corrected chi connectivity index (χ4v) is 6.45. The fourth-order valence-electron chi connectivity index (χ4n) is 6.29. The van der Waals surface area contributed by atoms with E-state index >= 15 is 0 Å². The van der Waals surface area contributed by atoms with Crippen LogP contribution in [0.15, 0.2) is 24.3 Å². The summed E-state index contributed by atoms with van der Waals surface area (Å²) in [6, 6.07) is 4.56. The Morgan fingerprint density at radius 1 is 0.651 bits per heavy atom. The lowest BCUT2D eigenvalue weighted by molar-refractivity contribution is 0.287. The Balaban J connectivity index is 2.24. The second-order valence-electron chi connectivity index (χ2n) is 15.0. The van der Waals surface area contributed by atoms with Gasteiger partial charge in [0.15, 0.2) is 0 Å². The number of ether oxygens (including phenoxy) is 1. The molecule has 1 unspecified atom stereocenters. The van der Waals surface area contributed by atoms with Crippen molar-refractivity contribution in [1.29, 1.82) is 0 Å². The Morgan fingerprint density at radius 2 is 1.16 bits per heavy atom. The molecule has 0 bridgehead atoms. The predicted octanol–water partition coefficient (Wildman–Crippen LogP) is 14.6. The van der Waals surface area contributed by atoms with Gasteiger partial charge in [0.25, 0.3) is 0 Å². The van der Waals surface area contributed by atoms with Crippen molar-refractivity contribution in [2.24, 2.45) is 5.41 Å². The first-order valence-electron chi connectivity index (χ1n) is 18.6. The van der Waals surface area contributed by atoms with Crippen molar-refractivity contribution in [2.45, 2.75) is 201 Å². The summed E-state index contributed by atoms with van der Waals surface area (Å²) < 4.78 is 6.46. The Morgan fingerprint density at radius 3 is 1.70 bits per heavy atom. The molecule has 250 valence electrons. The third-order valence-electron chi connectivity index (χ3n) is 9.48. The predicted molar refractivity (Wildman–Crippen MR) is 195 cm³/mol. The molecule has 0 aromatic heterocycles. The normalized spacial score (nSPS) is 13.6. The fraction of sp³-hybridized carbons (Fsp3) is 0.805. The van der Waals surface area contributed by atoms with E-state index < -0.39 is 0 Å². The molecule has 0 radical (unpaired) electrons. The first-order valence-corrected chi connectivity index (χ1v) is 19.2. The van der Waals surface area contributed by atoms with Crippen LogP contribution in [0.25, 0.3) is 0 Å². The van der Waals surface area contributed by atoms with E-state index in [0.717, 1.165) is 25.2 Å². The van der Waals surface area contributed by atoms with Crippen molar-refractivity contribution in [3.63, 3.8) is 0 Å². The maximum absolute atomic E-state index is 6.46. The summed E-state index contributed by atoms with van der Waals surface area (Å²) in [5, 5.41) is 0. The highest BCUT2D eigenvalue weighted by molar-refractivity contribution is 6.17. The van der Waals surface area contributed by atoms with Gasteiger partial charge in [-0.2, -0.15) is 0 Å². The number of halogens is 1. The molecule has 1 aromatic rings. The molecule has 0 fully saturated rings. The van der Waals surface area contributed by atoms with Gasteiger partial charge in [-0.15, -0.1) is 11.6 Å². The third kappa shape index (κ3) is 19.2. The molecule has 0 saturated heterocycles. The lowest BCUT2D eigenvalue weighted by Crippen LogP contribution is -2.23. The monoisotopic (exact) mass is 617 g/mol. The van der Waals surface area contributed by atoms with Crippen molar-refractivity contribution in [3.05, 3.63) is 41.0 Å². The topological polar surface area (TPSA) is 9.23 Å². The summed E-state index contributed by atoms with van der Waals surface area (Å²) in [5.41, 5.74) is 4.49. The molecule has 0 heterocycles. The summed E-state index contributed by atoms with van der Waals surface area (Å²) in [4.78, 5) is 0. The molecule has 1 nitrogen and oxygen atoms in total.